The van der Waals surface area contributed by atoms with Crippen LogP contribution in [0.5, 0.6) is 0 Å². The molecule has 0 spiro atoms. The third-order valence-corrected chi connectivity index (χ3v) is 2.95. The molecule has 2 aromatic rings. The summed E-state index contributed by atoms with van der Waals surface area (Å²) in [5, 5.41) is 0.760. The van der Waals surface area contributed by atoms with Crippen LogP contribution in [0.3, 0.4) is 0 Å². The van der Waals surface area contributed by atoms with Crippen molar-refractivity contribution in [3.8, 4) is 0 Å². The molecule has 0 aliphatic carbocycles. The maximum absolute atomic E-state index is 11.1. The van der Waals surface area contributed by atoms with Gasteiger partial charge in [-0.3, -0.25) is 4.34 Å². The van der Waals surface area contributed by atoms with Crippen molar-refractivity contribution in [3.05, 3.63) is 42.9 Å². The average Bonchev–Trinajstić information content (AvgIpc) is 2.44. The molecule has 0 atom stereocenters. The zero-order chi connectivity index (χ0) is 10.3. The number of rotatable bonds is 1. The van der Waals surface area contributed by atoms with Crippen LogP contribution in [-0.2, 0) is 4.57 Å². The Morgan fingerprint density at radius 2 is 1.93 bits per heavy atom. The summed E-state index contributed by atoms with van der Waals surface area (Å²) in [5.41, 5.74) is 1.12. The Morgan fingerprint density at radius 3 is 2.57 bits per heavy atom. The van der Waals surface area contributed by atoms with Crippen molar-refractivity contribution in [2.75, 3.05) is 0 Å². The maximum atomic E-state index is 11.1. The van der Waals surface area contributed by atoms with Crippen molar-refractivity contribution in [2.24, 2.45) is 0 Å². The third-order valence-electron chi connectivity index (χ3n) is 2.06. The van der Waals surface area contributed by atoms with Gasteiger partial charge in [0.2, 0.25) is 0 Å². The summed E-state index contributed by atoms with van der Waals surface area (Å²) in [7, 11) is -4.27. The molecular weight excluding hydrogens is 201 g/mol. The summed E-state index contributed by atoms with van der Waals surface area (Å²) in [6.45, 7) is 3.72. The Kier molecular flexibility index (Phi) is 2.00. The first-order valence-electron chi connectivity index (χ1n) is 3.98. The maximum Gasteiger partial charge on any atom is 0.434 e. The normalized spacial score (nSPS) is 12.2. The van der Waals surface area contributed by atoms with Crippen molar-refractivity contribution >= 4 is 18.6 Å². The Labute approximate surface area is 81.0 Å². The lowest BCUT2D eigenvalue weighted by atomic mass is 10.2. The molecule has 0 saturated carbocycles. The van der Waals surface area contributed by atoms with Crippen molar-refractivity contribution in [1.82, 2.24) is 4.34 Å². The van der Waals surface area contributed by atoms with Crippen LogP contribution in [-0.4, -0.2) is 14.1 Å². The molecule has 1 aromatic carbocycles. The topological polar surface area (TPSA) is 62.5 Å². The molecule has 1 heterocycles. The molecule has 2 N–H and O–H groups in total. The summed E-state index contributed by atoms with van der Waals surface area (Å²) in [4.78, 5) is 18.1. The van der Waals surface area contributed by atoms with E-state index >= 15 is 0 Å². The predicted octanol–water partition coefficient (Wildman–Crippen LogP) is 1.76. The van der Waals surface area contributed by atoms with Crippen molar-refractivity contribution < 1.29 is 14.4 Å². The van der Waals surface area contributed by atoms with Gasteiger partial charge in [0.05, 0.1) is 5.52 Å². The molecule has 5 heteroatoms. The highest BCUT2D eigenvalue weighted by atomic mass is 31.2. The van der Waals surface area contributed by atoms with Crippen LogP contribution in [0.25, 0.3) is 10.9 Å². The number of nitrogens with zero attached hydrogens (tertiary/aromatic N) is 1. The number of hydrogen-bond acceptors (Lipinski definition) is 1. The van der Waals surface area contributed by atoms with E-state index < -0.39 is 7.75 Å². The van der Waals surface area contributed by atoms with Crippen LogP contribution < -0.4 is 0 Å². The first-order chi connectivity index (χ1) is 6.50. The van der Waals surface area contributed by atoms with Crippen LogP contribution in [0.4, 0.5) is 0 Å². The zero-order valence-corrected chi connectivity index (χ0v) is 8.19. The van der Waals surface area contributed by atoms with E-state index in [-0.39, 0.29) is 0 Å². The number of para-hydroxylation sites is 1. The smallest absolute Gasteiger partial charge is 0.308 e. The Bertz CT molecular complexity index is 526. The lowest BCUT2D eigenvalue weighted by Crippen LogP contribution is -1.92. The minimum atomic E-state index is -4.27. The molecule has 73 valence electrons. The SMILES string of the molecule is [CH2]c1cn(P(=O)(O)O)c2ccccc12. The summed E-state index contributed by atoms with van der Waals surface area (Å²) in [6, 6.07) is 6.97. The van der Waals surface area contributed by atoms with Gasteiger partial charge in [0.1, 0.15) is 0 Å². The first kappa shape index (κ1) is 9.46. The Balaban J connectivity index is 2.86. The molecule has 0 bridgehead atoms. The van der Waals surface area contributed by atoms with Crippen LogP contribution >= 0.6 is 7.75 Å². The van der Waals surface area contributed by atoms with Gasteiger partial charge in [0.15, 0.2) is 0 Å². The van der Waals surface area contributed by atoms with E-state index in [1.807, 2.05) is 0 Å². The highest BCUT2D eigenvalue weighted by Gasteiger charge is 2.19. The van der Waals surface area contributed by atoms with Crippen molar-refractivity contribution in [1.29, 1.82) is 0 Å². The fourth-order valence-electron chi connectivity index (χ4n) is 1.45. The van der Waals surface area contributed by atoms with E-state index in [1.165, 1.54) is 6.20 Å². The van der Waals surface area contributed by atoms with E-state index in [0.29, 0.717) is 11.1 Å². The second-order valence-corrected chi connectivity index (χ2v) is 4.49. The van der Waals surface area contributed by atoms with Gasteiger partial charge in [-0.25, -0.2) is 4.57 Å². The Hall–Kier alpha value is -1.09. The van der Waals surface area contributed by atoms with Gasteiger partial charge in [-0.1, -0.05) is 18.2 Å². The van der Waals surface area contributed by atoms with E-state index in [2.05, 4.69) is 6.92 Å². The second-order valence-electron chi connectivity index (χ2n) is 3.03. The summed E-state index contributed by atoms with van der Waals surface area (Å²) >= 11 is 0. The van der Waals surface area contributed by atoms with Gasteiger partial charge >= 0.3 is 7.75 Å². The first-order valence-corrected chi connectivity index (χ1v) is 5.55. The monoisotopic (exact) mass is 210 g/mol. The summed E-state index contributed by atoms with van der Waals surface area (Å²) in [6.07, 6.45) is 1.37. The predicted molar refractivity (Wildman–Crippen MR) is 53.8 cm³/mol. The van der Waals surface area contributed by atoms with Crippen molar-refractivity contribution in [3.63, 3.8) is 0 Å². The summed E-state index contributed by atoms with van der Waals surface area (Å²) < 4.78 is 12.0. The molecule has 0 aliphatic rings. The molecule has 0 unspecified atom stereocenters. The molecule has 0 amide bonds. The third kappa shape index (κ3) is 1.38. The lowest BCUT2D eigenvalue weighted by Gasteiger charge is -2.05. The van der Waals surface area contributed by atoms with Crippen molar-refractivity contribution in [2.45, 2.75) is 0 Å². The van der Waals surface area contributed by atoms with Gasteiger partial charge in [-0.2, -0.15) is 0 Å². The molecule has 0 fully saturated rings. The van der Waals surface area contributed by atoms with Crippen LogP contribution in [0, 0.1) is 6.92 Å². The van der Waals surface area contributed by atoms with Crippen LogP contribution in [0.2, 0.25) is 0 Å². The van der Waals surface area contributed by atoms with Gasteiger partial charge in [-0.05, 0) is 18.6 Å². The van der Waals surface area contributed by atoms with Gasteiger partial charge in [-0.15, -0.1) is 0 Å². The molecule has 4 nitrogen and oxygen atoms in total. The average molecular weight is 210 g/mol. The fourth-order valence-corrected chi connectivity index (χ4v) is 2.19. The largest absolute Gasteiger partial charge is 0.434 e. The molecule has 14 heavy (non-hydrogen) atoms. The fraction of sp³-hybridized carbons (Fsp3) is 0. The highest BCUT2D eigenvalue weighted by molar-refractivity contribution is 7.50. The minimum Gasteiger partial charge on any atom is -0.308 e. The lowest BCUT2D eigenvalue weighted by molar-refractivity contribution is 0.363. The molecular formula is C9H9NO3P. The number of aromatic nitrogens is 1. The standard InChI is InChI=1S/C9H9NO3P/c1-7-6-10(14(11,12)13)9-5-3-2-4-8(7)9/h2-6H,1H2,(H2,11,12,13). The van der Waals surface area contributed by atoms with E-state index in [1.54, 1.807) is 24.3 Å². The van der Waals surface area contributed by atoms with Gasteiger partial charge in [0.25, 0.3) is 0 Å². The molecule has 2 rings (SSSR count). The van der Waals surface area contributed by atoms with E-state index in [9.17, 15) is 4.57 Å². The number of hydrogen-bond donors (Lipinski definition) is 2. The number of fused-ring (bicyclic) bond motifs is 1. The molecule has 1 radical (unpaired) electrons. The van der Waals surface area contributed by atoms with Crippen LogP contribution in [0.15, 0.2) is 30.5 Å². The minimum absolute atomic E-state index is 0.505. The van der Waals surface area contributed by atoms with E-state index in [0.717, 1.165) is 9.72 Å². The second kappa shape index (κ2) is 2.95. The summed E-state index contributed by atoms with van der Waals surface area (Å²) in [5.74, 6) is 0. The van der Waals surface area contributed by atoms with Gasteiger partial charge < -0.3 is 9.79 Å². The Morgan fingerprint density at radius 1 is 1.29 bits per heavy atom. The van der Waals surface area contributed by atoms with E-state index in [4.69, 9.17) is 9.79 Å². The quantitative estimate of drug-likeness (QED) is 0.705. The number of benzene rings is 1. The highest BCUT2D eigenvalue weighted by Crippen LogP contribution is 2.41. The molecule has 0 saturated heterocycles. The van der Waals surface area contributed by atoms with Gasteiger partial charge in [0, 0.05) is 11.6 Å². The van der Waals surface area contributed by atoms with Crippen LogP contribution in [0.1, 0.15) is 5.56 Å². The molecule has 0 aliphatic heterocycles. The zero-order valence-electron chi connectivity index (χ0n) is 7.29. The molecule has 1 aromatic heterocycles.